The summed E-state index contributed by atoms with van der Waals surface area (Å²) in [4.78, 5) is 24.1. The molecule has 8 heteroatoms. The molecule has 1 fully saturated rings. The molecular formula is C20H23N3O4S. The number of amides is 2. The van der Waals surface area contributed by atoms with Crippen LogP contribution in [-0.2, 0) is 26.0 Å². The van der Waals surface area contributed by atoms with E-state index in [1.165, 1.54) is 12.1 Å². The molecule has 2 aromatic carbocycles. The van der Waals surface area contributed by atoms with Gasteiger partial charge in [-0.2, -0.15) is 0 Å². The first-order chi connectivity index (χ1) is 13.2. The second-order valence-corrected chi connectivity index (χ2v) is 8.60. The Bertz CT molecular complexity index is 966. The number of benzene rings is 2. The van der Waals surface area contributed by atoms with Gasteiger partial charge in [-0.1, -0.05) is 24.3 Å². The first kappa shape index (κ1) is 20.0. The largest absolute Gasteiger partial charge is 0.349 e. The summed E-state index contributed by atoms with van der Waals surface area (Å²) in [5.74, 6) is 0.0291. The molecule has 148 valence electrons. The van der Waals surface area contributed by atoms with Gasteiger partial charge < -0.3 is 10.6 Å². The normalized spacial score (nSPS) is 14.9. The van der Waals surface area contributed by atoms with Gasteiger partial charge in [0, 0.05) is 11.6 Å². The predicted octanol–water partition coefficient (Wildman–Crippen LogP) is 2.10. The van der Waals surface area contributed by atoms with E-state index >= 15 is 0 Å². The lowest BCUT2D eigenvalue weighted by Gasteiger charge is -2.15. The maximum atomic E-state index is 12.3. The molecule has 0 radical (unpaired) electrons. The summed E-state index contributed by atoms with van der Waals surface area (Å²) in [7, 11) is -3.74. The Balaban J connectivity index is 1.54. The minimum Gasteiger partial charge on any atom is -0.349 e. The quantitative estimate of drug-likeness (QED) is 0.658. The third-order valence-electron chi connectivity index (χ3n) is 4.62. The van der Waals surface area contributed by atoms with Gasteiger partial charge in [0.2, 0.25) is 21.8 Å². The Morgan fingerprint density at radius 1 is 1.07 bits per heavy atom. The number of carbonyl (C=O) groups excluding carboxylic acids is 2. The van der Waals surface area contributed by atoms with Gasteiger partial charge in [0.05, 0.1) is 17.4 Å². The third-order valence-corrected chi connectivity index (χ3v) is 5.55. The van der Waals surface area contributed by atoms with Crippen molar-refractivity contribution >= 4 is 27.5 Å². The molecule has 28 heavy (non-hydrogen) atoms. The van der Waals surface area contributed by atoms with Gasteiger partial charge >= 0.3 is 0 Å². The number of primary sulfonamides is 1. The highest BCUT2D eigenvalue weighted by atomic mass is 32.2. The van der Waals surface area contributed by atoms with Gasteiger partial charge in [0.1, 0.15) is 0 Å². The van der Waals surface area contributed by atoms with Crippen LogP contribution in [0.3, 0.4) is 0 Å². The summed E-state index contributed by atoms with van der Waals surface area (Å²) in [5.41, 5.74) is 2.35. The Labute approximate surface area is 164 Å². The summed E-state index contributed by atoms with van der Waals surface area (Å²) < 4.78 is 22.5. The van der Waals surface area contributed by atoms with Crippen LogP contribution in [0.5, 0.6) is 0 Å². The van der Waals surface area contributed by atoms with E-state index in [1.807, 2.05) is 31.2 Å². The molecule has 2 aromatic rings. The third kappa shape index (κ3) is 5.40. The minimum atomic E-state index is -3.74. The fourth-order valence-corrected chi connectivity index (χ4v) is 3.32. The van der Waals surface area contributed by atoms with Gasteiger partial charge in [-0.15, -0.1) is 0 Å². The zero-order valence-electron chi connectivity index (χ0n) is 15.5. The number of hydrogen-bond acceptors (Lipinski definition) is 4. The lowest BCUT2D eigenvalue weighted by Crippen LogP contribution is -2.28. The molecule has 0 aromatic heterocycles. The molecule has 1 atom stereocenters. The monoisotopic (exact) mass is 401 g/mol. The molecular weight excluding hydrogens is 378 g/mol. The van der Waals surface area contributed by atoms with E-state index in [2.05, 4.69) is 10.6 Å². The van der Waals surface area contributed by atoms with Gasteiger partial charge in [-0.05, 0) is 55.2 Å². The number of nitrogens with two attached hydrogens (primary N) is 1. The molecule has 1 aliphatic carbocycles. The second kappa shape index (κ2) is 8.12. The van der Waals surface area contributed by atoms with Crippen molar-refractivity contribution in [2.24, 2.45) is 11.1 Å². The van der Waals surface area contributed by atoms with E-state index in [0.717, 1.165) is 24.1 Å². The molecule has 0 aliphatic heterocycles. The second-order valence-electron chi connectivity index (χ2n) is 7.04. The first-order valence-electron chi connectivity index (χ1n) is 9.04. The summed E-state index contributed by atoms with van der Waals surface area (Å²) in [5, 5.41) is 10.9. The molecule has 7 nitrogen and oxygen atoms in total. The lowest BCUT2D eigenvalue weighted by atomic mass is 10.1. The van der Waals surface area contributed by atoms with Crippen molar-refractivity contribution in [1.29, 1.82) is 0 Å². The fourth-order valence-electron chi connectivity index (χ4n) is 2.80. The molecule has 0 spiro atoms. The molecule has 2 amide bonds. The van der Waals surface area contributed by atoms with Crippen LogP contribution in [0.15, 0.2) is 53.4 Å². The number of sulfonamides is 1. The van der Waals surface area contributed by atoms with Crippen LogP contribution in [0, 0.1) is 5.92 Å². The molecule has 0 bridgehead atoms. The average Bonchev–Trinajstić information content (AvgIpc) is 3.47. The van der Waals surface area contributed by atoms with Crippen LogP contribution in [-0.4, -0.2) is 20.2 Å². The predicted molar refractivity (Wildman–Crippen MR) is 106 cm³/mol. The summed E-state index contributed by atoms with van der Waals surface area (Å²) in [6, 6.07) is 13.1. The van der Waals surface area contributed by atoms with Gasteiger partial charge in [0.25, 0.3) is 0 Å². The Morgan fingerprint density at radius 2 is 1.68 bits per heavy atom. The summed E-state index contributed by atoms with van der Waals surface area (Å²) >= 11 is 0. The number of rotatable bonds is 7. The maximum Gasteiger partial charge on any atom is 0.238 e. The van der Waals surface area contributed by atoms with Crippen molar-refractivity contribution in [3.05, 3.63) is 59.7 Å². The van der Waals surface area contributed by atoms with E-state index in [-0.39, 0.29) is 35.1 Å². The van der Waals surface area contributed by atoms with Gasteiger partial charge in [-0.3, -0.25) is 9.59 Å². The van der Waals surface area contributed by atoms with Crippen LogP contribution < -0.4 is 15.8 Å². The maximum absolute atomic E-state index is 12.3. The van der Waals surface area contributed by atoms with E-state index < -0.39 is 10.0 Å². The van der Waals surface area contributed by atoms with Crippen LogP contribution in [0.1, 0.15) is 36.9 Å². The number of nitrogens with one attached hydrogen (secondary N) is 2. The van der Waals surface area contributed by atoms with Crippen molar-refractivity contribution in [2.45, 2.75) is 37.1 Å². The van der Waals surface area contributed by atoms with E-state index in [9.17, 15) is 18.0 Å². The zero-order valence-corrected chi connectivity index (χ0v) is 16.3. The summed E-state index contributed by atoms with van der Waals surface area (Å²) in [6.45, 7) is 1.87. The van der Waals surface area contributed by atoms with Gasteiger partial charge in [0.15, 0.2) is 0 Å². The van der Waals surface area contributed by atoms with Crippen LogP contribution in [0.25, 0.3) is 0 Å². The Morgan fingerprint density at radius 3 is 2.21 bits per heavy atom. The summed E-state index contributed by atoms with van der Waals surface area (Å²) in [6.07, 6.45) is 2.04. The smallest absolute Gasteiger partial charge is 0.238 e. The average molecular weight is 401 g/mol. The molecule has 4 N–H and O–H groups in total. The number of anilines is 1. The molecule has 0 saturated heterocycles. The highest BCUT2D eigenvalue weighted by Crippen LogP contribution is 2.30. The number of hydrogen-bond donors (Lipinski definition) is 3. The van der Waals surface area contributed by atoms with Crippen LogP contribution >= 0.6 is 0 Å². The standard InChI is InChI=1S/C20H23N3O4S/c1-13(15-6-8-17(9-7-15)23-20(25)16-4-5-16)22-19(24)12-14-2-10-18(11-3-14)28(21,26)27/h2-3,6-11,13,16H,4-5,12H2,1H3,(H,22,24)(H,23,25)(H2,21,26,27). The van der Waals surface area contributed by atoms with Crippen LogP contribution in [0.2, 0.25) is 0 Å². The van der Waals surface area contributed by atoms with Crippen molar-refractivity contribution in [1.82, 2.24) is 5.32 Å². The molecule has 1 aliphatic rings. The molecule has 0 heterocycles. The Kier molecular flexibility index (Phi) is 5.81. The number of carbonyl (C=O) groups is 2. The highest BCUT2D eigenvalue weighted by Gasteiger charge is 2.29. The van der Waals surface area contributed by atoms with E-state index in [0.29, 0.717) is 5.56 Å². The topological polar surface area (TPSA) is 118 Å². The molecule has 3 rings (SSSR count). The first-order valence-corrected chi connectivity index (χ1v) is 10.6. The minimum absolute atomic E-state index is 0.0129. The van der Waals surface area contributed by atoms with Crippen molar-refractivity contribution < 1.29 is 18.0 Å². The highest BCUT2D eigenvalue weighted by molar-refractivity contribution is 7.89. The van der Waals surface area contributed by atoms with E-state index in [4.69, 9.17) is 5.14 Å². The Hall–Kier alpha value is -2.71. The molecule has 1 saturated carbocycles. The lowest BCUT2D eigenvalue weighted by molar-refractivity contribution is -0.121. The van der Waals surface area contributed by atoms with Crippen molar-refractivity contribution in [3.8, 4) is 0 Å². The fraction of sp³-hybridized carbons (Fsp3) is 0.300. The van der Waals surface area contributed by atoms with Gasteiger partial charge in [-0.25, -0.2) is 13.6 Å². The van der Waals surface area contributed by atoms with Crippen molar-refractivity contribution in [3.63, 3.8) is 0 Å². The van der Waals surface area contributed by atoms with E-state index in [1.54, 1.807) is 12.1 Å². The van der Waals surface area contributed by atoms with Crippen LogP contribution in [0.4, 0.5) is 5.69 Å². The SMILES string of the molecule is CC(NC(=O)Cc1ccc(S(N)(=O)=O)cc1)c1ccc(NC(=O)C2CC2)cc1. The van der Waals surface area contributed by atoms with Crippen molar-refractivity contribution in [2.75, 3.05) is 5.32 Å². The molecule has 1 unspecified atom stereocenters. The zero-order chi connectivity index (χ0) is 20.3.